The lowest BCUT2D eigenvalue weighted by atomic mass is 9.89. The van der Waals surface area contributed by atoms with Gasteiger partial charge in [-0.3, -0.25) is 14.5 Å². The number of carbonyl (C=O) groups is 2. The van der Waals surface area contributed by atoms with E-state index in [2.05, 4.69) is 34.3 Å². The van der Waals surface area contributed by atoms with Gasteiger partial charge in [0.05, 0.1) is 11.6 Å². The maximum atomic E-state index is 13.2. The Kier molecular flexibility index (Phi) is 7.08. The molecule has 0 atom stereocenters. The van der Waals surface area contributed by atoms with Crippen LogP contribution in [0.25, 0.3) is 10.9 Å². The standard InChI is InChI=1S/C30H31FN4O2S/c31-23-7-5-21(6-8-23)28(36)18-34-13-9-22(10-14-34)29-33-27(19-38-29)30(37)35-15-11-20(12-16-35)25-17-32-26-4-2-1-3-24(25)26/h1-8,17,19-20,22,32H,9-16,18H2. The van der Waals surface area contributed by atoms with E-state index in [9.17, 15) is 14.0 Å². The summed E-state index contributed by atoms with van der Waals surface area (Å²) >= 11 is 1.58. The molecule has 2 saturated heterocycles. The minimum absolute atomic E-state index is 0.0130. The van der Waals surface area contributed by atoms with Crippen molar-refractivity contribution in [2.24, 2.45) is 0 Å². The number of halogens is 1. The number of aromatic amines is 1. The number of piperidine rings is 2. The van der Waals surface area contributed by atoms with Gasteiger partial charge in [-0.2, -0.15) is 0 Å². The Morgan fingerprint density at radius 1 is 0.947 bits per heavy atom. The third kappa shape index (κ3) is 5.15. The van der Waals surface area contributed by atoms with Crippen LogP contribution in [0.3, 0.4) is 0 Å². The molecule has 2 aliphatic rings. The zero-order valence-corrected chi connectivity index (χ0v) is 22.1. The highest BCUT2D eigenvalue weighted by Gasteiger charge is 2.29. The normalized spacial score (nSPS) is 17.8. The second kappa shape index (κ2) is 10.8. The first kappa shape index (κ1) is 24.9. The van der Waals surface area contributed by atoms with Crippen molar-refractivity contribution in [3.8, 4) is 0 Å². The van der Waals surface area contributed by atoms with Crippen molar-refractivity contribution in [3.05, 3.63) is 87.8 Å². The molecule has 2 aliphatic heterocycles. The minimum Gasteiger partial charge on any atom is -0.361 e. The quantitative estimate of drug-likeness (QED) is 0.318. The van der Waals surface area contributed by atoms with Gasteiger partial charge in [-0.25, -0.2) is 9.37 Å². The van der Waals surface area contributed by atoms with E-state index in [1.807, 2.05) is 16.3 Å². The molecule has 6 nitrogen and oxygen atoms in total. The Bertz CT molecular complexity index is 1430. The van der Waals surface area contributed by atoms with Crippen LogP contribution in [0.2, 0.25) is 0 Å². The molecule has 0 unspecified atom stereocenters. The molecule has 2 fully saturated rings. The molecule has 38 heavy (non-hydrogen) atoms. The summed E-state index contributed by atoms with van der Waals surface area (Å²) in [6.45, 7) is 3.45. The van der Waals surface area contributed by atoms with Gasteiger partial charge < -0.3 is 9.88 Å². The third-order valence-corrected chi connectivity index (χ3v) is 9.06. The van der Waals surface area contributed by atoms with E-state index >= 15 is 0 Å². The highest BCUT2D eigenvalue weighted by atomic mass is 32.1. The number of fused-ring (bicyclic) bond motifs is 1. The van der Waals surface area contributed by atoms with E-state index in [-0.39, 0.29) is 17.5 Å². The molecule has 0 aliphatic carbocycles. The predicted molar refractivity (Wildman–Crippen MR) is 147 cm³/mol. The number of amides is 1. The lowest BCUT2D eigenvalue weighted by Crippen LogP contribution is -2.38. The number of ketones is 1. The maximum absolute atomic E-state index is 13.2. The van der Waals surface area contributed by atoms with Crippen molar-refractivity contribution in [3.63, 3.8) is 0 Å². The van der Waals surface area contributed by atoms with Gasteiger partial charge in [-0.1, -0.05) is 18.2 Å². The number of rotatable bonds is 6. The van der Waals surface area contributed by atoms with Gasteiger partial charge in [0.15, 0.2) is 5.78 Å². The van der Waals surface area contributed by atoms with E-state index in [1.54, 1.807) is 23.5 Å². The number of para-hydroxylation sites is 1. The molecule has 0 spiro atoms. The number of nitrogens with zero attached hydrogens (tertiary/aromatic N) is 3. The van der Waals surface area contributed by atoms with Crippen molar-refractivity contribution in [1.29, 1.82) is 0 Å². The van der Waals surface area contributed by atoms with Gasteiger partial charge >= 0.3 is 0 Å². The van der Waals surface area contributed by atoms with E-state index < -0.39 is 0 Å². The van der Waals surface area contributed by atoms with Crippen LogP contribution < -0.4 is 0 Å². The summed E-state index contributed by atoms with van der Waals surface area (Å²) in [5, 5.41) is 4.22. The number of hydrogen-bond donors (Lipinski definition) is 1. The zero-order valence-electron chi connectivity index (χ0n) is 21.2. The van der Waals surface area contributed by atoms with Gasteiger partial charge in [0.2, 0.25) is 0 Å². The average Bonchev–Trinajstić information content (AvgIpc) is 3.62. The van der Waals surface area contributed by atoms with Gasteiger partial charge in [-0.05, 0) is 80.6 Å². The fourth-order valence-electron chi connectivity index (χ4n) is 5.83. The Labute approximate surface area is 225 Å². The molecule has 1 N–H and O–H groups in total. The van der Waals surface area contributed by atoms with Crippen LogP contribution >= 0.6 is 11.3 Å². The first-order valence-electron chi connectivity index (χ1n) is 13.4. The highest BCUT2D eigenvalue weighted by molar-refractivity contribution is 7.09. The number of likely N-dealkylation sites (tertiary alicyclic amines) is 2. The van der Waals surface area contributed by atoms with Crippen LogP contribution in [0.1, 0.15) is 68.9 Å². The fourth-order valence-corrected chi connectivity index (χ4v) is 6.79. The number of aromatic nitrogens is 2. The number of H-pyrrole nitrogens is 1. The maximum Gasteiger partial charge on any atom is 0.273 e. The summed E-state index contributed by atoms with van der Waals surface area (Å²) in [5.74, 6) is 0.484. The first-order valence-corrected chi connectivity index (χ1v) is 14.2. The Morgan fingerprint density at radius 3 is 2.42 bits per heavy atom. The van der Waals surface area contributed by atoms with E-state index in [1.165, 1.54) is 28.6 Å². The predicted octanol–water partition coefficient (Wildman–Crippen LogP) is 5.85. The van der Waals surface area contributed by atoms with Crippen LogP contribution in [0.4, 0.5) is 4.39 Å². The molecule has 0 radical (unpaired) electrons. The lowest BCUT2D eigenvalue weighted by Gasteiger charge is -2.31. The molecule has 4 aromatic rings. The van der Waals surface area contributed by atoms with Gasteiger partial charge in [-0.15, -0.1) is 11.3 Å². The van der Waals surface area contributed by atoms with Crippen molar-refractivity contribution >= 4 is 33.9 Å². The Morgan fingerprint density at radius 2 is 1.66 bits per heavy atom. The largest absolute Gasteiger partial charge is 0.361 e. The monoisotopic (exact) mass is 530 g/mol. The summed E-state index contributed by atoms with van der Waals surface area (Å²) in [6, 6.07) is 14.1. The van der Waals surface area contributed by atoms with Crippen molar-refractivity contribution in [2.75, 3.05) is 32.7 Å². The van der Waals surface area contributed by atoms with Crippen LogP contribution in [0.15, 0.2) is 60.1 Å². The first-order chi connectivity index (χ1) is 18.5. The second-order valence-electron chi connectivity index (χ2n) is 10.4. The second-order valence-corrected chi connectivity index (χ2v) is 11.3. The number of benzene rings is 2. The molecular formula is C30H31FN4O2S. The SMILES string of the molecule is O=C(CN1CCC(c2nc(C(=O)N3CCC(c4c[nH]c5ccccc45)CC3)cs2)CC1)c1ccc(F)cc1. The van der Waals surface area contributed by atoms with Crippen LogP contribution in [-0.2, 0) is 0 Å². The zero-order chi connectivity index (χ0) is 26.1. The highest BCUT2D eigenvalue weighted by Crippen LogP contribution is 2.34. The van der Waals surface area contributed by atoms with E-state index in [4.69, 9.17) is 4.98 Å². The molecule has 4 heterocycles. The van der Waals surface area contributed by atoms with Crippen molar-refractivity contribution in [2.45, 2.75) is 37.5 Å². The van der Waals surface area contributed by atoms with Crippen molar-refractivity contribution < 1.29 is 14.0 Å². The molecule has 6 rings (SSSR count). The minimum atomic E-state index is -0.335. The molecule has 2 aromatic heterocycles. The summed E-state index contributed by atoms with van der Waals surface area (Å²) in [7, 11) is 0. The number of Topliss-reactive ketones (excluding diaryl/α,β-unsaturated/α-hetero) is 1. The summed E-state index contributed by atoms with van der Waals surface area (Å²) in [4.78, 5) is 38.0. The van der Waals surface area contributed by atoms with Gasteiger partial charge in [0.25, 0.3) is 5.91 Å². The summed E-state index contributed by atoms with van der Waals surface area (Å²) in [5.41, 5.74) is 3.63. The van der Waals surface area contributed by atoms with E-state index in [0.29, 0.717) is 29.6 Å². The number of thiazole rings is 1. The molecule has 8 heteroatoms. The van der Waals surface area contributed by atoms with Gasteiger partial charge in [0.1, 0.15) is 11.5 Å². The van der Waals surface area contributed by atoms with E-state index in [0.717, 1.165) is 56.9 Å². The molecule has 0 bridgehead atoms. The van der Waals surface area contributed by atoms with Crippen LogP contribution in [0, 0.1) is 5.82 Å². The molecule has 0 saturated carbocycles. The molecule has 196 valence electrons. The summed E-state index contributed by atoms with van der Waals surface area (Å²) < 4.78 is 13.1. The topological polar surface area (TPSA) is 69.3 Å². The Hall–Kier alpha value is -3.36. The van der Waals surface area contributed by atoms with Crippen LogP contribution in [-0.4, -0.2) is 64.2 Å². The molecule has 2 aromatic carbocycles. The summed E-state index contributed by atoms with van der Waals surface area (Å²) in [6.07, 6.45) is 5.87. The third-order valence-electron chi connectivity index (χ3n) is 8.05. The lowest BCUT2D eigenvalue weighted by molar-refractivity contribution is 0.0707. The number of carbonyl (C=O) groups excluding carboxylic acids is 2. The molecule has 1 amide bonds. The van der Waals surface area contributed by atoms with Crippen molar-refractivity contribution in [1.82, 2.24) is 19.8 Å². The number of nitrogens with one attached hydrogen (secondary N) is 1. The Balaban J connectivity index is 1.01. The van der Waals surface area contributed by atoms with Gasteiger partial charge in [0, 0.05) is 47.1 Å². The number of hydrogen-bond acceptors (Lipinski definition) is 5. The fraction of sp³-hybridized carbons (Fsp3) is 0.367. The molecular weight excluding hydrogens is 499 g/mol. The van der Waals surface area contributed by atoms with Crippen LogP contribution in [0.5, 0.6) is 0 Å². The smallest absolute Gasteiger partial charge is 0.273 e. The average molecular weight is 531 g/mol.